The van der Waals surface area contributed by atoms with E-state index in [1.807, 2.05) is 31.2 Å². The molecule has 2 aromatic rings. The van der Waals surface area contributed by atoms with Crippen molar-refractivity contribution in [2.45, 2.75) is 24.3 Å². The van der Waals surface area contributed by atoms with Crippen LogP contribution in [0.5, 0.6) is 0 Å². The van der Waals surface area contributed by atoms with Gasteiger partial charge in [-0.25, -0.2) is 4.68 Å². The molecule has 3 N–H and O–H groups in total. The Hall–Kier alpha value is -2.06. The van der Waals surface area contributed by atoms with Gasteiger partial charge in [0.1, 0.15) is 0 Å². The smallest absolute Gasteiger partial charge is 0.233 e. The van der Waals surface area contributed by atoms with Crippen LogP contribution in [0.15, 0.2) is 29.4 Å². The Bertz CT molecular complexity index is 674. The second kappa shape index (κ2) is 7.98. The molecule has 2 rings (SSSR count). The van der Waals surface area contributed by atoms with E-state index in [-0.39, 0.29) is 11.2 Å². The maximum atomic E-state index is 12.0. The van der Waals surface area contributed by atoms with Crippen LogP contribution in [0.4, 0.5) is 0 Å². The molecule has 0 unspecified atom stereocenters. The summed E-state index contributed by atoms with van der Waals surface area (Å²) in [6.45, 7) is 4.75. The number of hydrogen-bond acceptors (Lipinski definition) is 6. The first-order valence-electron chi connectivity index (χ1n) is 7.24. The maximum absolute atomic E-state index is 12.0. The zero-order valence-electron chi connectivity index (χ0n) is 13.4. The number of carbonyl (C=O) groups is 1. The molecule has 0 bridgehead atoms. The standard InChI is InChI=1S/C15H21N5O2S/c1-10-6-4-5-7-12(10)13-18-19-15(20(13)16)23-11(2)14(21)17-8-9-22-3/h4-7,11H,8-9,16H2,1-3H3,(H,17,21)/t11-/m0/s1. The molecule has 1 aromatic heterocycles. The number of thioether (sulfide) groups is 1. The van der Waals surface area contributed by atoms with Gasteiger partial charge in [-0.05, 0) is 19.4 Å². The molecule has 0 aliphatic carbocycles. The Morgan fingerprint density at radius 3 is 2.87 bits per heavy atom. The quantitative estimate of drug-likeness (QED) is 0.449. The van der Waals surface area contributed by atoms with Gasteiger partial charge < -0.3 is 15.9 Å². The third kappa shape index (κ3) is 4.23. The Kier molecular flexibility index (Phi) is 6.00. The number of benzene rings is 1. The van der Waals surface area contributed by atoms with Crippen molar-refractivity contribution < 1.29 is 9.53 Å². The lowest BCUT2D eigenvalue weighted by Crippen LogP contribution is -2.33. The van der Waals surface area contributed by atoms with Crippen molar-refractivity contribution in [1.29, 1.82) is 0 Å². The minimum atomic E-state index is -0.330. The summed E-state index contributed by atoms with van der Waals surface area (Å²) in [6, 6.07) is 7.81. The SMILES string of the molecule is COCCNC(=O)[C@H](C)Sc1nnc(-c2ccccc2C)n1N. The number of rotatable bonds is 7. The molecule has 1 heterocycles. The summed E-state index contributed by atoms with van der Waals surface area (Å²) in [7, 11) is 1.59. The number of amides is 1. The number of aryl methyl sites for hydroxylation is 1. The zero-order chi connectivity index (χ0) is 16.8. The highest BCUT2D eigenvalue weighted by molar-refractivity contribution is 8.00. The summed E-state index contributed by atoms with van der Waals surface area (Å²) in [5.74, 6) is 6.58. The molecule has 1 aromatic carbocycles. The fourth-order valence-electron chi connectivity index (χ4n) is 2.00. The van der Waals surface area contributed by atoms with Crippen LogP contribution in [-0.2, 0) is 9.53 Å². The van der Waals surface area contributed by atoms with Crippen molar-refractivity contribution in [2.24, 2.45) is 0 Å². The normalized spacial score (nSPS) is 12.1. The van der Waals surface area contributed by atoms with Crippen LogP contribution in [0.1, 0.15) is 12.5 Å². The average Bonchev–Trinajstić information content (AvgIpc) is 2.89. The number of nitrogens with one attached hydrogen (secondary N) is 1. The van der Waals surface area contributed by atoms with Gasteiger partial charge in [-0.2, -0.15) is 0 Å². The molecule has 1 atom stereocenters. The van der Waals surface area contributed by atoms with Crippen molar-refractivity contribution in [3.8, 4) is 11.4 Å². The van der Waals surface area contributed by atoms with Crippen LogP contribution in [0.2, 0.25) is 0 Å². The molecular formula is C15H21N5O2S. The fraction of sp³-hybridized carbons (Fsp3) is 0.400. The second-order valence-electron chi connectivity index (χ2n) is 5.04. The Morgan fingerprint density at radius 1 is 1.43 bits per heavy atom. The van der Waals surface area contributed by atoms with Crippen LogP contribution in [0.3, 0.4) is 0 Å². The van der Waals surface area contributed by atoms with E-state index in [2.05, 4.69) is 15.5 Å². The number of nitrogen functional groups attached to an aromatic ring is 1. The average molecular weight is 335 g/mol. The van der Waals surface area contributed by atoms with E-state index in [9.17, 15) is 4.79 Å². The number of carbonyl (C=O) groups excluding carboxylic acids is 1. The van der Waals surface area contributed by atoms with E-state index >= 15 is 0 Å². The lowest BCUT2D eigenvalue weighted by Gasteiger charge is -2.11. The van der Waals surface area contributed by atoms with E-state index in [4.69, 9.17) is 10.6 Å². The van der Waals surface area contributed by atoms with E-state index in [1.54, 1.807) is 14.0 Å². The van der Waals surface area contributed by atoms with Gasteiger partial charge in [-0.15, -0.1) is 10.2 Å². The van der Waals surface area contributed by atoms with Gasteiger partial charge in [0.05, 0.1) is 11.9 Å². The largest absolute Gasteiger partial charge is 0.383 e. The molecule has 1 amide bonds. The highest BCUT2D eigenvalue weighted by atomic mass is 32.2. The highest BCUT2D eigenvalue weighted by Crippen LogP contribution is 2.26. The van der Waals surface area contributed by atoms with Gasteiger partial charge in [0.2, 0.25) is 11.1 Å². The minimum Gasteiger partial charge on any atom is -0.383 e. The number of nitrogens with two attached hydrogens (primary N) is 1. The first-order valence-corrected chi connectivity index (χ1v) is 8.12. The predicted octanol–water partition coefficient (Wildman–Crippen LogP) is 1.21. The lowest BCUT2D eigenvalue weighted by atomic mass is 10.1. The monoisotopic (exact) mass is 335 g/mol. The summed E-state index contributed by atoms with van der Waals surface area (Å²) < 4.78 is 6.33. The van der Waals surface area contributed by atoms with Crippen molar-refractivity contribution in [1.82, 2.24) is 20.2 Å². The summed E-state index contributed by atoms with van der Waals surface area (Å²) in [5.41, 5.74) is 1.99. The van der Waals surface area contributed by atoms with Crippen LogP contribution >= 0.6 is 11.8 Å². The van der Waals surface area contributed by atoms with Gasteiger partial charge in [-0.1, -0.05) is 36.0 Å². The Balaban J connectivity index is 2.08. The number of nitrogens with zero attached hydrogens (tertiary/aromatic N) is 3. The van der Waals surface area contributed by atoms with E-state index < -0.39 is 0 Å². The summed E-state index contributed by atoms with van der Waals surface area (Å²) in [4.78, 5) is 12.0. The molecule has 0 saturated heterocycles. The molecular weight excluding hydrogens is 314 g/mol. The van der Waals surface area contributed by atoms with Crippen molar-refractivity contribution >= 4 is 17.7 Å². The number of methoxy groups -OCH3 is 1. The number of ether oxygens (including phenoxy) is 1. The zero-order valence-corrected chi connectivity index (χ0v) is 14.3. The summed E-state index contributed by atoms with van der Waals surface area (Å²) in [5, 5.41) is 11.2. The van der Waals surface area contributed by atoms with Crippen LogP contribution in [-0.4, -0.2) is 46.3 Å². The third-order valence-corrected chi connectivity index (χ3v) is 4.36. The van der Waals surface area contributed by atoms with Crippen molar-refractivity contribution in [2.75, 3.05) is 26.1 Å². The molecule has 0 aliphatic heterocycles. The van der Waals surface area contributed by atoms with E-state index in [1.165, 1.54) is 16.4 Å². The first kappa shape index (κ1) is 17.3. The fourth-order valence-corrected chi connectivity index (χ4v) is 2.79. The maximum Gasteiger partial charge on any atom is 0.233 e. The third-order valence-electron chi connectivity index (χ3n) is 3.31. The van der Waals surface area contributed by atoms with Gasteiger partial charge in [-0.3, -0.25) is 4.79 Å². The number of aromatic nitrogens is 3. The highest BCUT2D eigenvalue weighted by Gasteiger charge is 2.20. The molecule has 0 radical (unpaired) electrons. The minimum absolute atomic E-state index is 0.0903. The molecule has 0 saturated carbocycles. The Morgan fingerprint density at radius 2 is 2.17 bits per heavy atom. The van der Waals surface area contributed by atoms with Crippen LogP contribution in [0, 0.1) is 6.92 Å². The van der Waals surface area contributed by atoms with Gasteiger partial charge in [0.25, 0.3) is 0 Å². The molecule has 0 spiro atoms. The molecule has 0 aliphatic rings. The number of hydrogen-bond donors (Lipinski definition) is 2. The second-order valence-corrected chi connectivity index (χ2v) is 6.34. The van der Waals surface area contributed by atoms with E-state index in [0.717, 1.165) is 11.1 Å². The predicted molar refractivity (Wildman–Crippen MR) is 90.6 cm³/mol. The molecule has 23 heavy (non-hydrogen) atoms. The van der Waals surface area contributed by atoms with E-state index in [0.29, 0.717) is 24.1 Å². The van der Waals surface area contributed by atoms with Gasteiger partial charge in [0.15, 0.2) is 5.82 Å². The van der Waals surface area contributed by atoms with Crippen molar-refractivity contribution in [3.05, 3.63) is 29.8 Å². The lowest BCUT2D eigenvalue weighted by molar-refractivity contribution is -0.120. The Labute approximate surface area is 139 Å². The van der Waals surface area contributed by atoms with Crippen LogP contribution in [0.25, 0.3) is 11.4 Å². The molecule has 8 heteroatoms. The van der Waals surface area contributed by atoms with Gasteiger partial charge in [0, 0.05) is 19.2 Å². The first-order chi connectivity index (χ1) is 11.0. The van der Waals surface area contributed by atoms with Gasteiger partial charge >= 0.3 is 0 Å². The molecule has 7 nitrogen and oxygen atoms in total. The van der Waals surface area contributed by atoms with Crippen LogP contribution < -0.4 is 11.2 Å². The topological polar surface area (TPSA) is 95.1 Å². The molecule has 124 valence electrons. The summed E-state index contributed by atoms with van der Waals surface area (Å²) in [6.07, 6.45) is 0. The van der Waals surface area contributed by atoms with Crippen molar-refractivity contribution in [3.63, 3.8) is 0 Å². The summed E-state index contributed by atoms with van der Waals surface area (Å²) >= 11 is 1.27. The molecule has 0 fully saturated rings.